The van der Waals surface area contributed by atoms with Crippen LogP contribution in [0.15, 0.2) is 27.4 Å². The summed E-state index contributed by atoms with van der Waals surface area (Å²) in [6, 6.07) is 4.73. The van der Waals surface area contributed by atoms with Crippen molar-refractivity contribution < 1.29 is 18.7 Å². The third kappa shape index (κ3) is 2.17. The van der Waals surface area contributed by atoms with E-state index in [-0.39, 0.29) is 17.9 Å². The zero-order valence-electron chi connectivity index (χ0n) is 9.93. The fourth-order valence-corrected chi connectivity index (χ4v) is 1.53. The number of hydrogen-bond acceptors (Lipinski definition) is 6. The van der Waals surface area contributed by atoms with Gasteiger partial charge in [0, 0.05) is 0 Å². The summed E-state index contributed by atoms with van der Waals surface area (Å²) in [5.74, 6) is -0.969. The summed E-state index contributed by atoms with van der Waals surface area (Å²) in [6.07, 6.45) is 0. The molecule has 0 atom stereocenters. The molecule has 6 nitrogen and oxygen atoms in total. The molecule has 0 spiro atoms. The van der Waals surface area contributed by atoms with E-state index in [0.717, 1.165) is 0 Å². The number of carbonyl (C=O) groups is 1. The molecule has 0 saturated heterocycles. The number of rotatable bonds is 3. The highest BCUT2D eigenvalue weighted by molar-refractivity contribution is 6.01. The maximum Gasteiger partial charge on any atom is 0.439 e. The molecule has 0 saturated carbocycles. The molecule has 0 aliphatic rings. The fraction of sp³-hybridized carbons (Fsp3) is 0.250. The van der Waals surface area contributed by atoms with Gasteiger partial charge in [-0.15, -0.1) is 0 Å². The van der Waals surface area contributed by atoms with E-state index < -0.39 is 11.7 Å². The zero-order chi connectivity index (χ0) is 13.1. The lowest BCUT2D eigenvalue weighted by molar-refractivity contribution is 0.0520. The predicted molar refractivity (Wildman–Crippen MR) is 62.8 cm³/mol. The van der Waals surface area contributed by atoms with Gasteiger partial charge < -0.3 is 13.9 Å². The van der Waals surface area contributed by atoms with Gasteiger partial charge in [-0.25, -0.2) is 9.59 Å². The van der Waals surface area contributed by atoms with Gasteiger partial charge in [-0.3, -0.25) is 0 Å². The molecule has 0 bridgehead atoms. The van der Waals surface area contributed by atoms with Crippen molar-refractivity contribution in [1.29, 1.82) is 0 Å². The number of fused-ring (bicyclic) bond motifs is 1. The van der Waals surface area contributed by atoms with Gasteiger partial charge in [-0.1, -0.05) is 0 Å². The number of aromatic nitrogens is 1. The molecule has 1 aromatic carbocycles. The third-order valence-corrected chi connectivity index (χ3v) is 2.31. The Balaban J connectivity index is 2.69. The number of hydrogen-bond donors (Lipinski definition) is 0. The van der Waals surface area contributed by atoms with Gasteiger partial charge in [0.05, 0.1) is 19.1 Å². The summed E-state index contributed by atoms with van der Waals surface area (Å²) in [4.78, 5) is 26.5. The molecule has 0 aliphatic carbocycles. The number of benzene rings is 1. The van der Waals surface area contributed by atoms with Gasteiger partial charge in [0.25, 0.3) is 0 Å². The first-order valence-corrected chi connectivity index (χ1v) is 5.31. The van der Waals surface area contributed by atoms with Gasteiger partial charge >= 0.3 is 11.7 Å². The molecule has 0 fully saturated rings. The molecular weight excluding hydrogens is 238 g/mol. The minimum atomic E-state index is -0.837. The van der Waals surface area contributed by atoms with Crippen molar-refractivity contribution in [2.45, 2.75) is 6.92 Å². The lowest BCUT2D eigenvalue weighted by Gasteiger charge is -2.05. The summed E-state index contributed by atoms with van der Waals surface area (Å²) in [5.41, 5.74) is 0.195. The molecule has 0 radical (unpaired) electrons. The maximum absolute atomic E-state index is 11.7. The molecule has 1 aromatic heterocycles. The lowest BCUT2D eigenvalue weighted by atomic mass is 10.2. The molecule has 94 valence electrons. The van der Waals surface area contributed by atoms with Crippen LogP contribution in [0.4, 0.5) is 0 Å². The van der Waals surface area contributed by atoms with Gasteiger partial charge in [0.1, 0.15) is 11.3 Å². The maximum atomic E-state index is 11.7. The second-order valence-electron chi connectivity index (χ2n) is 3.41. The smallest absolute Gasteiger partial charge is 0.439 e. The second kappa shape index (κ2) is 4.87. The Labute approximate surface area is 102 Å². The number of ether oxygens (including phenoxy) is 2. The highest BCUT2D eigenvalue weighted by Crippen LogP contribution is 2.22. The van der Waals surface area contributed by atoms with E-state index in [9.17, 15) is 9.59 Å². The summed E-state index contributed by atoms with van der Waals surface area (Å²) in [5, 5.41) is 0.382. The third-order valence-electron chi connectivity index (χ3n) is 2.31. The largest absolute Gasteiger partial charge is 0.497 e. The van der Waals surface area contributed by atoms with Crippen LogP contribution in [-0.2, 0) is 4.74 Å². The van der Waals surface area contributed by atoms with Crippen LogP contribution in [0.25, 0.3) is 11.0 Å². The molecule has 0 N–H and O–H groups in total. The van der Waals surface area contributed by atoms with Crippen molar-refractivity contribution in [3.63, 3.8) is 0 Å². The molecule has 6 heteroatoms. The highest BCUT2D eigenvalue weighted by atomic mass is 16.5. The van der Waals surface area contributed by atoms with Crippen molar-refractivity contribution in [2.75, 3.05) is 13.7 Å². The first-order chi connectivity index (χ1) is 8.65. The molecule has 2 aromatic rings. The average Bonchev–Trinajstić information content (AvgIpc) is 2.37. The Morgan fingerprint density at radius 3 is 2.89 bits per heavy atom. The molecule has 0 unspecified atom stereocenters. The molecule has 2 rings (SSSR count). The SMILES string of the molecule is CCOC(=O)c1nc(=O)oc2ccc(OC)cc12. The van der Waals surface area contributed by atoms with Crippen LogP contribution in [-0.4, -0.2) is 24.7 Å². The topological polar surface area (TPSA) is 78.6 Å². The molecule has 18 heavy (non-hydrogen) atoms. The van der Waals surface area contributed by atoms with E-state index in [0.29, 0.717) is 11.1 Å². The van der Waals surface area contributed by atoms with E-state index in [1.54, 1.807) is 25.1 Å². The lowest BCUT2D eigenvalue weighted by Crippen LogP contribution is -2.15. The Hall–Kier alpha value is -2.37. The monoisotopic (exact) mass is 249 g/mol. The van der Waals surface area contributed by atoms with Crippen molar-refractivity contribution >= 4 is 16.9 Å². The Bertz CT molecular complexity index is 646. The van der Waals surface area contributed by atoms with Gasteiger partial charge in [0.15, 0.2) is 5.69 Å². The van der Waals surface area contributed by atoms with E-state index in [4.69, 9.17) is 13.9 Å². The number of carbonyl (C=O) groups excluding carboxylic acids is 1. The Kier molecular flexibility index (Phi) is 3.27. The number of esters is 1. The van der Waals surface area contributed by atoms with E-state index in [2.05, 4.69) is 4.98 Å². The summed E-state index contributed by atoms with van der Waals surface area (Å²) >= 11 is 0. The van der Waals surface area contributed by atoms with E-state index >= 15 is 0 Å². The quantitative estimate of drug-likeness (QED) is 0.764. The average molecular weight is 249 g/mol. The number of methoxy groups -OCH3 is 1. The van der Waals surface area contributed by atoms with Crippen LogP contribution in [0.1, 0.15) is 17.4 Å². The zero-order valence-corrected chi connectivity index (χ0v) is 9.93. The van der Waals surface area contributed by atoms with Crippen LogP contribution >= 0.6 is 0 Å². The Morgan fingerprint density at radius 1 is 1.44 bits per heavy atom. The summed E-state index contributed by atoms with van der Waals surface area (Å²) in [6.45, 7) is 1.87. The first-order valence-electron chi connectivity index (χ1n) is 5.31. The van der Waals surface area contributed by atoms with Crippen LogP contribution in [0.3, 0.4) is 0 Å². The highest BCUT2D eigenvalue weighted by Gasteiger charge is 2.16. The Morgan fingerprint density at radius 2 is 2.22 bits per heavy atom. The fourth-order valence-electron chi connectivity index (χ4n) is 1.53. The summed E-state index contributed by atoms with van der Waals surface area (Å²) < 4.78 is 14.8. The van der Waals surface area contributed by atoms with Crippen LogP contribution < -0.4 is 10.5 Å². The minimum absolute atomic E-state index is 0.0676. The number of nitrogens with zero attached hydrogens (tertiary/aromatic N) is 1. The second-order valence-corrected chi connectivity index (χ2v) is 3.41. The minimum Gasteiger partial charge on any atom is -0.497 e. The molecule has 0 amide bonds. The van der Waals surface area contributed by atoms with E-state index in [1.807, 2.05) is 0 Å². The van der Waals surface area contributed by atoms with E-state index in [1.165, 1.54) is 7.11 Å². The summed E-state index contributed by atoms with van der Waals surface area (Å²) in [7, 11) is 1.50. The predicted octanol–water partition coefficient (Wildman–Crippen LogP) is 1.37. The van der Waals surface area contributed by atoms with Crippen molar-refractivity contribution in [3.8, 4) is 5.75 Å². The van der Waals surface area contributed by atoms with Gasteiger partial charge in [0.2, 0.25) is 0 Å². The molecule has 1 heterocycles. The molecular formula is C12H11NO5. The van der Waals surface area contributed by atoms with Crippen LogP contribution in [0.2, 0.25) is 0 Å². The van der Waals surface area contributed by atoms with Crippen LogP contribution in [0, 0.1) is 0 Å². The first kappa shape index (κ1) is 12.1. The standard InChI is InChI=1S/C12H11NO5/c1-3-17-11(14)10-8-6-7(16-2)4-5-9(8)18-12(15)13-10/h4-6H,3H2,1-2H3. The normalized spacial score (nSPS) is 10.3. The van der Waals surface area contributed by atoms with Gasteiger partial charge in [-0.2, -0.15) is 4.98 Å². The molecule has 0 aliphatic heterocycles. The van der Waals surface area contributed by atoms with Gasteiger partial charge in [-0.05, 0) is 25.1 Å². The van der Waals surface area contributed by atoms with Crippen LogP contribution in [0.5, 0.6) is 5.75 Å². The van der Waals surface area contributed by atoms with Crippen molar-refractivity contribution in [2.24, 2.45) is 0 Å². The van der Waals surface area contributed by atoms with Crippen molar-refractivity contribution in [1.82, 2.24) is 4.98 Å². The van der Waals surface area contributed by atoms with Crippen molar-refractivity contribution in [3.05, 3.63) is 34.4 Å².